The standard InChI is InChI=1S/C16H17ClN4O3/c1-10-7-13(19-21(10)12-6-4-5-11(17)8-12)20-14(22)16(2,9-24-3)18-15(20)23/h4-8H,9H2,1-3H3,(H,18,23). The molecule has 126 valence electrons. The Bertz CT molecular complexity index is 819. The third-order valence-corrected chi connectivity index (χ3v) is 4.09. The van der Waals surface area contributed by atoms with Gasteiger partial charge in [0.15, 0.2) is 5.82 Å². The van der Waals surface area contributed by atoms with Crippen molar-refractivity contribution in [2.75, 3.05) is 18.6 Å². The normalized spacial score (nSPS) is 20.6. The highest BCUT2D eigenvalue weighted by molar-refractivity contribution is 6.30. The second kappa shape index (κ2) is 5.92. The van der Waals surface area contributed by atoms with E-state index in [2.05, 4.69) is 10.4 Å². The van der Waals surface area contributed by atoms with Gasteiger partial charge in [-0.05, 0) is 32.0 Å². The number of halogens is 1. The van der Waals surface area contributed by atoms with Crippen molar-refractivity contribution in [3.8, 4) is 5.69 Å². The molecule has 1 fully saturated rings. The molecule has 8 heteroatoms. The summed E-state index contributed by atoms with van der Waals surface area (Å²) in [4.78, 5) is 25.9. The van der Waals surface area contributed by atoms with E-state index in [4.69, 9.17) is 16.3 Å². The quantitative estimate of drug-likeness (QED) is 0.860. The molecule has 0 bridgehead atoms. The summed E-state index contributed by atoms with van der Waals surface area (Å²) < 4.78 is 6.67. The van der Waals surface area contributed by atoms with Crippen LogP contribution in [-0.2, 0) is 9.53 Å². The van der Waals surface area contributed by atoms with Gasteiger partial charge in [0.1, 0.15) is 5.54 Å². The van der Waals surface area contributed by atoms with E-state index in [0.29, 0.717) is 5.02 Å². The molecular formula is C16H17ClN4O3. The van der Waals surface area contributed by atoms with Crippen LogP contribution in [0.3, 0.4) is 0 Å². The average molecular weight is 349 g/mol. The number of imide groups is 1. The Morgan fingerprint density at radius 3 is 2.75 bits per heavy atom. The first kappa shape index (κ1) is 16.5. The van der Waals surface area contributed by atoms with Crippen molar-refractivity contribution in [1.29, 1.82) is 0 Å². The zero-order valence-corrected chi connectivity index (χ0v) is 14.3. The summed E-state index contributed by atoms with van der Waals surface area (Å²) in [5, 5.41) is 7.62. The monoisotopic (exact) mass is 348 g/mol. The van der Waals surface area contributed by atoms with Gasteiger partial charge in [0.25, 0.3) is 5.91 Å². The maximum absolute atomic E-state index is 12.6. The van der Waals surface area contributed by atoms with E-state index in [1.54, 1.807) is 29.8 Å². The number of aromatic nitrogens is 2. The summed E-state index contributed by atoms with van der Waals surface area (Å²) in [6.45, 7) is 3.55. The van der Waals surface area contributed by atoms with Crippen LogP contribution in [0.15, 0.2) is 30.3 Å². The number of hydrogen-bond donors (Lipinski definition) is 1. The van der Waals surface area contributed by atoms with Gasteiger partial charge in [0.05, 0.1) is 12.3 Å². The van der Waals surface area contributed by atoms with Gasteiger partial charge in [0.2, 0.25) is 0 Å². The van der Waals surface area contributed by atoms with Crippen molar-refractivity contribution in [3.63, 3.8) is 0 Å². The van der Waals surface area contributed by atoms with Crippen molar-refractivity contribution in [1.82, 2.24) is 15.1 Å². The number of carbonyl (C=O) groups excluding carboxylic acids is 2. The molecule has 0 spiro atoms. The lowest BCUT2D eigenvalue weighted by Crippen LogP contribution is -2.48. The summed E-state index contributed by atoms with van der Waals surface area (Å²) in [5.74, 6) is -0.139. The maximum Gasteiger partial charge on any atom is 0.331 e. The third-order valence-electron chi connectivity index (χ3n) is 3.85. The van der Waals surface area contributed by atoms with Gasteiger partial charge in [-0.2, -0.15) is 0 Å². The molecule has 1 aliphatic rings. The summed E-state index contributed by atoms with van der Waals surface area (Å²) in [6.07, 6.45) is 0. The lowest BCUT2D eigenvalue weighted by atomic mass is 10.0. The smallest absolute Gasteiger partial charge is 0.331 e. The minimum absolute atomic E-state index is 0.0854. The predicted octanol–water partition coefficient (Wildman–Crippen LogP) is 2.30. The van der Waals surface area contributed by atoms with Crippen LogP contribution in [0.4, 0.5) is 10.6 Å². The van der Waals surface area contributed by atoms with Crippen molar-refractivity contribution in [2.45, 2.75) is 19.4 Å². The molecule has 1 N–H and O–H groups in total. The SMILES string of the molecule is COCC1(C)NC(=O)N(c2cc(C)n(-c3cccc(Cl)c3)n2)C1=O. The average Bonchev–Trinajstić information content (AvgIpc) is 2.98. The van der Waals surface area contributed by atoms with Crippen LogP contribution in [0.5, 0.6) is 0 Å². The number of benzene rings is 1. The van der Waals surface area contributed by atoms with Crippen molar-refractivity contribution < 1.29 is 14.3 Å². The highest BCUT2D eigenvalue weighted by Crippen LogP contribution is 2.26. The molecule has 1 aliphatic heterocycles. The number of hydrogen-bond acceptors (Lipinski definition) is 4. The van der Waals surface area contributed by atoms with Crippen LogP contribution in [0.2, 0.25) is 5.02 Å². The fraction of sp³-hybridized carbons (Fsp3) is 0.312. The number of methoxy groups -OCH3 is 1. The number of nitrogens with one attached hydrogen (secondary N) is 1. The lowest BCUT2D eigenvalue weighted by molar-refractivity contribution is -0.123. The number of carbonyl (C=O) groups is 2. The summed E-state index contributed by atoms with van der Waals surface area (Å²) in [5.41, 5.74) is 0.422. The van der Waals surface area contributed by atoms with Crippen molar-refractivity contribution in [2.24, 2.45) is 0 Å². The number of nitrogens with zero attached hydrogens (tertiary/aromatic N) is 3. The Kier molecular flexibility index (Phi) is 4.06. The third kappa shape index (κ3) is 2.65. The Balaban J connectivity index is 1.98. The number of amides is 3. The van der Waals surface area contributed by atoms with Gasteiger partial charge in [-0.3, -0.25) is 4.79 Å². The number of urea groups is 1. The topological polar surface area (TPSA) is 76.5 Å². The predicted molar refractivity (Wildman–Crippen MR) is 89.6 cm³/mol. The first-order valence-corrected chi connectivity index (χ1v) is 7.72. The highest BCUT2D eigenvalue weighted by atomic mass is 35.5. The van der Waals surface area contributed by atoms with E-state index in [-0.39, 0.29) is 12.4 Å². The molecular weight excluding hydrogens is 332 g/mol. The van der Waals surface area contributed by atoms with Crippen LogP contribution in [0.1, 0.15) is 12.6 Å². The molecule has 7 nitrogen and oxygen atoms in total. The molecule has 24 heavy (non-hydrogen) atoms. The van der Waals surface area contributed by atoms with E-state index in [0.717, 1.165) is 16.3 Å². The van der Waals surface area contributed by atoms with E-state index in [9.17, 15) is 9.59 Å². The van der Waals surface area contributed by atoms with Crippen molar-refractivity contribution in [3.05, 3.63) is 41.0 Å². The summed E-state index contributed by atoms with van der Waals surface area (Å²) in [7, 11) is 1.48. The first-order chi connectivity index (χ1) is 11.4. The molecule has 1 atom stereocenters. The molecule has 3 amide bonds. The van der Waals surface area contributed by atoms with E-state index < -0.39 is 17.5 Å². The van der Waals surface area contributed by atoms with Crippen LogP contribution in [0.25, 0.3) is 5.69 Å². The van der Waals surface area contributed by atoms with Gasteiger partial charge in [0, 0.05) is 23.9 Å². The van der Waals surface area contributed by atoms with E-state index in [1.165, 1.54) is 7.11 Å². The molecule has 2 heterocycles. The Morgan fingerprint density at radius 2 is 2.08 bits per heavy atom. The molecule has 3 rings (SSSR count). The lowest BCUT2D eigenvalue weighted by Gasteiger charge is -2.19. The van der Waals surface area contributed by atoms with Gasteiger partial charge in [-0.25, -0.2) is 14.4 Å². The summed E-state index contributed by atoms with van der Waals surface area (Å²) >= 11 is 6.02. The molecule has 1 saturated heterocycles. The minimum atomic E-state index is -1.10. The molecule has 1 unspecified atom stereocenters. The second-order valence-corrected chi connectivity index (χ2v) is 6.31. The largest absolute Gasteiger partial charge is 0.382 e. The number of ether oxygens (including phenoxy) is 1. The molecule has 2 aromatic rings. The first-order valence-electron chi connectivity index (χ1n) is 7.34. The number of aryl methyl sites for hydroxylation is 1. The molecule has 1 aromatic heterocycles. The van der Waals surface area contributed by atoms with E-state index in [1.807, 2.05) is 19.1 Å². The molecule has 0 aliphatic carbocycles. The number of anilines is 1. The van der Waals surface area contributed by atoms with Crippen LogP contribution in [-0.4, -0.2) is 41.0 Å². The zero-order chi connectivity index (χ0) is 17.5. The maximum atomic E-state index is 12.6. The fourth-order valence-electron chi connectivity index (χ4n) is 2.72. The Hall–Kier alpha value is -2.38. The van der Waals surface area contributed by atoms with Gasteiger partial charge in [-0.15, -0.1) is 5.10 Å². The molecule has 0 radical (unpaired) electrons. The van der Waals surface area contributed by atoms with Crippen molar-refractivity contribution >= 4 is 29.4 Å². The van der Waals surface area contributed by atoms with E-state index >= 15 is 0 Å². The Morgan fingerprint density at radius 1 is 1.33 bits per heavy atom. The zero-order valence-electron chi connectivity index (χ0n) is 13.5. The van der Waals surface area contributed by atoms with Gasteiger partial charge < -0.3 is 10.1 Å². The fourth-order valence-corrected chi connectivity index (χ4v) is 2.90. The second-order valence-electron chi connectivity index (χ2n) is 5.87. The molecule has 1 aromatic carbocycles. The summed E-state index contributed by atoms with van der Waals surface area (Å²) in [6, 6.07) is 8.33. The van der Waals surface area contributed by atoms with Crippen LogP contribution >= 0.6 is 11.6 Å². The van der Waals surface area contributed by atoms with Gasteiger partial charge in [-0.1, -0.05) is 17.7 Å². The van der Waals surface area contributed by atoms with Gasteiger partial charge >= 0.3 is 6.03 Å². The van der Waals surface area contributed by atoms with Crippen LogP contribution < -0.4 is 10.2 Å². The highest BCUT2D eigenvalue weighted by Gasteiger charge is 2.49. The minimum Gasteiger partial charge on any atom is -0.382 e. The number of rotatable bonds is 4. The Labute approximate surface area is 144 Å². The molecule has 0 saturated carbocycles. The van der Waals surface area contributed by atoms with Crippen LogP contribution in [0, 0.1) is 6.92 Å².